The van der Waals surface area contributed by atoms with Crippen LogP contribution in [0.5, 0.6) is 23.0 Å². The van der Waals surface area contributed by atoms with Crippen LogP contribution < -0.4 is 24.6 Å². The zero-order valence-corrected chi connectivity index (χ0v) is 16.2. The number of hydrogen-bond donors (Lipinski definition) is 0. The molecule has 0 bridgehead atoms. The minimum atomic E-state index is -0.588. The first kappa shape index (κ1) is 19.9. The summed E-state index contributed by atoms with van der Waals surface area (Å²) in [6, 6.07) is 9.14. The van der Waals surface area contributed by atoms with Gasteiger partial charge >= 0.3 is 17.6 Å². The lowest BCUT2D eigenvalue weighted by Crippen LogP contribution is -2.07. The molecule has 0 aliphatic carbocycles. The number of carbonyl (C=O) groups excluding carboxylic acids is 2. The molecule has 0 amide bonds. The van der Waals surface area contributed by atoms with E-state index in [0.29, 0.717) is 28.0 Å². The molecule has 0 radical (unpaired) electrons. The molecule has 29 heavy (non-hydrogen) atoms. The number of methoxy groups -OCH3 is 2. The van der Waals surface area contributed by atoms with Crippen molar-refractivity contribution in [2.45, 2.75) is 13.8 Å². The van der Waals surface area contributed by atoms with Gasteiger partial charge in [0.25, 0.3) is 0 Å². The highest BCUT2D eigenvalue weighted by Crippen LogP contribution is 2.40. The Morgan fingerprint density at radius 2 is 1.52 bits per heavy atom. The largest absolute Gasteiger partial charge is 0.496 e. The summed E-state index contributed by atoms with van der Waals surface area (Å²) in [6.07, 6.45) is 0. The molecule has 0 atom stereocenters. The molecule has 0 unspecified atom stereocenters. The maximum absolute atomic E-state index is 12.1. The van der Waals surface area contributed by atoms with Crippen LogP contribution in [0.1, 0.15) is 13.8 Å². The Kier molecular flexibility index (Phi) is 5.54. The number of fused-ring (bicyclic) bond motifs is 1. The van der Waals surface area contributed by atoms with Gasteiger partial charge in [0.2, 0.25) is 0 Å². The van der Waals surface area contributed by atoms with E-state index in [4.69, 9.17) is 23.4 Å². The molecule has 0 fully saturated rings. The fraction of sp³-hybridized carbons (Fsp3) is 0.190. The first-order chi connectivity index (χ1) is 13.8. The third kappa shape index (κ3) is 4.21. The van der Waals surface area contributed by atoms with E-state index in [1.165, 1.54) is 46.3 Å². The van der Waals surface area contributed by atoms with E-state index in [2.05, 4.69) is 0 Å². The molecule has 150 valence electrons. The van der Waals surface area contributed by atoms with Crippen LogP contribution in [0, 0.1) is 0 Å². The molecule has 1 heterocycles. The fourth-order valence-corrected chi connectivity index (χ4v) is 2.90. The molecule has 2 aromatic carbocycles. The van der Waals surface area contributed by atoms with Crippen molar-refractivity contribution in [2.75, 3.05) is 14.2 Å². The molecular formula is C21H18O8. The monoisotopic (exact) mass is 398 g/mol. The second-order valence-corrected chi connectivity index (χ2v) is 6.03. The van der Waals surface area contributed by atoms with Crippen LogP contribution in [0.25, 0.3) is 22.1 Å². The van der Waals surface area contributed by atoms with Gasteiger partial charge in [-0.15, -0.1) is 0 Å². The van der Waals surface area contributed by atoms with Gasteiger partial charge in [0, 0.05) is 37.6 Å². The first-order valence-electron chi connectivity index (χ1n) is 8.53. The molecule has 0 saturated carbocycles. The lowest BCUT2D eigenvalue weighted by Gasteiger charge is -2.14. The van der Waals surface area contributed by atoms with E-state index in [-0.39, 0.29) is 17.1 Å². The van der Waals surface area contributed by atoms with Gasteiger partial charge in [-0.05, 0) is 17.7 Å². The van der Waals surface area contributed by atoms with Crippen LogP contribution in [-0.4, -0.2) is 26.2 Å². The molecule has 3 aromatic rings. The van der Waals surface area contributed by atoms with Crippen LogP contribution in [-0.2, 0) is 9.59 Å². The standard InChI is InChI=1S/C21H18O8/c1-11(22)27-16-6-5-13(7-17(16)28-12(2)23)15-10-20(24)29-19-9-14(25-3)8-18(26-4)21(15)19/h5-10H,1-4H3. The highest BCUT2D eigenvalue weighted by molar-refractivity contribution is 5.99. The Morgan fingerprint density at radius 1 is 0.828 bits per heavy atom. The van der Waals surface area contributed by atoms with E-state index in [9.17, 15) is 14.4 Å². The third-order valence-electron chi connectivity index (χ3n) is 4.00. The lowest BCUT2D eigenvalue weighted by molar-refractivity contribution is -0.134. The molecule has 8 heteroatoms. The lowest BCUT2D eigenvalue weighted by atomic mass is 10.0. The van der Waals surface area contributed by atoms with Gasteiger partial charge in [-0.2, -0.15) is 0 Å². The van der Waals surface area contributed by atoms with Crippen molar-refractivity contribution in [2.24, 2.45) is 0 Å². The zero-order valence-electron chi connectivity index (χ0n) is 16.2. The second kappa shape index (κ2) is 8.05. The molecule has 0 aliphatic heterocycles. The van der Waals surface area contributed by atoms with E-state index < -0.39 is 17.6 Å². The minimum Gasteiger partial charge on any atom is -0.496 e. The third-order valence-corrected chi connectivity index (χ3v) is 4.00. The number of ether oxygens (including phenoxy) is 4. The number of carbonyl (C=O) groups is 2. The van der Waals surface area contributed by atoms with Crippen LogP contribution in [0.4, 0.5) is 0 Å². The Labute approximate surface area is 165 Å². The summed E-state index contributed by atoms with van der Waals surface area (Å²) in [4.78, 5) is 34.9. The summed E-state index contributed by atoms with van der Waals surface area (Å²) in [7, 11) is 2.97. The van der Waals surface area contributed by atoms with Gasteiger partial charge in [-0.3, -0.25) is 9.59 Å². The smallest absolute Gasteiger partial charge is 0.336 e. The summed E-state index contributed by atoms with van der Waals surface area (Å²) < 4.78 is 26.2. The number of benzene rings is 2. The fourth-order valence-electron chi connectivity index (χ4n) is 2.90. The van der Waals surface area contributed by atoms with Crippen LogP contribution in [0.3, 0.4) is 0 Å². The predicted octanol–water partition coefficient (Wildman–Crippen LogP) is 3.33. The highest BCUT2D eigenvalue weighted by atomic mass is 16.6. The highest BCUT2D eigenvalue weighted by Gasteiger charge is 2.18. The molecular weight excluding hydrogens is 380 g/mol. The zero-order chi connectivity index (χ0) is 21.1. The van der Waals surface area contributed by atoms with E-state index in [0.717, 1.165) is 0 Å². The molecule has 0 aliphatic rings. The van der Waals surface area contributed by atoms with Crippen molar-refractivity contribution in [3.63, 3.8) is 0 Å². The maximum atomic E-state index is 12.1. The molecule has 0 saturated heterocycles. The Morgan fingerprint density at radius 3 is 2.14 bits per heavy atom. The van der Waals surface area contributed by atoms with Crippen molar-refractivity contribution in [1.29, 1.82) is 0 Å². The molecule has 0 spiro atoms. The van der Waals surface area contributed by atoms with Crippen molar-refractivity contribution >= 4 is 22.9 Å². The minimum absolute atomic E-state index is 0.0408. The van der Waals surface area contributed by atoms with Crippen LogP contribution in [0.15, 0.2) is 45.6 Å². The summed E-state index contributed by atoms with van der Waals surface area (Å²) in [5, 5.41) is 0.530. The second-order valence-electron chi connectivity index (χ2n) is 6.03. The van der Waals surface area contributed by atoms with E-state index in [1.807, 2.05) is 0 Å². The van der Waals surface area contributed by atoms with Gasteiger partial charge in [-0.1, -0.05) is 6.07 Å². The topological polar surface area (TPSA) is 101 Å². The van der Waals surface area contributed by atoms with Crippen molar-refractivity contribution in [1.82, 2.24) is 0 Å². The Bertz CT molecular complexity index is 1160. The molecule has 0 N–H and O–H groups in total. The molecule has 1 aromatic heterocycles. The molecule has 3 rings (SSSR count). The predicted molar refractivity (Wildman–Crippen MR) is 104 cm³/mol. The van der Waals surface area contributed by atoms with Crippen molar-refractivity contribution in [3.8, 4) is 34.1 Å². The Hall–Kier alpha value is -3.81. The summed E-state index contributed by atoms with van der Waals surface area (Å²) in [6.45, 7) is 2.46. The maximum Gasteiger partial charge on any atom is 0.336 e. The van der Waals surface area contributed by atoms with Gasteiger partial charge in [0.1, 0.15) is 17.1 Å². The van der Waals surface area contributed by atoms with Gasteiger partial charge in [0.15, 0.2) is 11.5 Å². The van der Waals surface area contributed by atoms with Crippen LogP contribution >= 0.6 is 0 Å². The summed E-state index contributed by atoms with van der Waals surface area (Å²) >= 11 is 0. The summed E-state index contributed by atoms with van der Waals surface area (Å²) in [5.41, 5.74) is 0.694. The van der Waals surface area contributed by atoms with Crippen LogP contribution in [0.2, 0.25) is 0 Å². The average molecular weight is 398 g/mol. The quantitative estimate of drug-likeness (QED) is 0.366. The molecule has 8 nitrogen and oxygen atoms in total. The van der Waals surface area contributed by atoms with Crippen molar-refractivity contribution in [3.05, 3.63) is 46.8 Å². The van der Waals surface area contributed by atoms with E-state index >= 15 is 0 Å². The SMILES string of the molecule is COc1cc(OC)c2c(-c3ccc(OC(C)=O)c(OC(C)=O)c3)cc(=O)oc2c1. The first-order valence-corrected chi connectivity index (χ1v) is 8.53. The normalized spacial score (nSPS) is 10.5. The summed E-state index contributed by atoms with van der Waals surface area (Å²) in [5.74, 6) is -0.144. The number of rotatable bonds is 5. The van der Waals surface area contributed by atoms with E-state index in [1.54, 1.807) is 18.2 Å². The van der Waals surface area contributed by atoms with Gasteiger partial charge < -0.3 is 23.4 Å². The average Bonchev–Trinajstić information content (AvgIpc) is 2.66. The number of esters is 2. The van der Waals surface area contributed by atoms with Gasteiger partial charge in [-0.25, -0.2) is 4.79 Å². The number of hydrogen-bond acceptors (Lipinski definition) is 8. The van der Waals surface area contributed by atoms with Crippen molar-refractivity contribution < 1.29 is 33.0 Å². The Balaban J connectivity index is 2.28. The van der Waals surface area contributed by atoms with Gasteiger partial charge in [0.05, 0.1) is 19.6 Å².